The second kappa shape index (κ2) is 18.4. The molecule has 0 saturated heterocycles. The van der Waals surface area contributed by atoms with Crippen molar-refractivity contribution in [3.63, 3.8) is 0 Å². The summed E-state index contributed by atoms with van der Waals surface area (Å²) in [7, 11) is 0. The fraction of sp³-hybridized carbons (Fsp3) is 0.870. The molecule has 0 aromatic heterocycles. The van der Waals surface area contributed by atoms with E-state index in [1.54, 1.807) is 0 Å². The molecule has 6 heteroatoms. The topological polar surface area (TPSA) is 89.9 Å². The first-order valence-electron chi connectivity index (χ1n) is 11.5. The molecule has 0 spiro atoms. The highest BCUT2D eigenvalue weighted by Gasteiger charge is 2.34. The molecule has 0 saturated carbocycles. The Morgan fingerprint density at radius 2 is 1.17 bits per heavy atom. The number of aliphatic carboxylic acids is 1. The molecule has 170 valence electrons. The molecule has 1 N–H and O–H groups in total. The summed E-state index contributed by atoms with van der Waals surface area (Å²) in [6, 6.07) is 0. The Bertz CT molecular complexity index is 449. The lowest BCUT2D eigenvalue weighted by atomic mass is 9.91. The third-order valence-corrected chi connectivity index (χ3v) is 5.19. The lowest BCUT2D eigenvalue weighted by Crippen LogP contribution is -2.32. The van der Waals surface area contributed by atoms with Crippen molar-refractivity contribution in [2.75, 3.05) is 13.2 Å². The summed E-state index contributed by atoms with van der Waals surface area (Å²) in [5.41, 5.74) is 0. The zero-order valence-electron chi connectivity index (χ0n) is 18.7. The zero-order valence-corrected chi connectivity index (χ0v) is 18.7. The molecule has 0 radical (unpaired) electrons. The van der Waals surface area contributed by atoms with Crippen molar-refractivity contribution in [2.24, 2.45) is 11.8 Å². The smallest absolute Gasteiger partial charge is 0.310 e. The third kappa shape index (κ3) is 15.0. The number of unbranched alkanes of at least 4 members (excludes halogenated alkanes) is 10. The van der Waals surface area contributed by atoms with E-state index >= 15 is 0 Å². The SMILES string of the molecule is CCCCCCCCOC(=O)CC(C(=O)OCCCCCCCC)C(C)C(=O)O. The van der Waals surface area contributed by atoms with Crippen molar-refractivity contribution in [1.29, 1.82) is 0 Å². The second-order valence-corrected chi connectivity index (χ2v) is 7.86. The van der Waals surface area contributed by atoms with Crippen molar-refractivity contribution in [3.05, 3.63) is 0 Å². The number of ether oxygens (including phenoxy) is 2. The maximum Gasteiger partial charge on any atom is 0.310 e. The monoisotopic (exact) mass is 414 g/mol. The molecule has 2 atom stereocenters. The van der Waals surface area contributed by atoms with Crippen molar-refractivity contribution in [1.82, 2.24) is 0 Å². The van der Waals surface area contributed by atoms with E-state index in [9.17, 15) is 19.5 Å². The highest BCUT2D eigenvalue weighted by Crippen LogP contribution is 2.20. The summed E-state index contributed by atoms with van der Waals surface area (Å²) in [4.78, 5) is 35.7. The number of rotatable bonds is 19. The van der Waals surface area contributed by atoms with Gasteiger partial charge in [-0.2, -0.15) is 0 Å². The van der Waals surface area contributed by atoms with Crippen molar-refractivity contribution in [2.45, 2.75) is 104 Å². The Hall–Kier alpha value is -1.59. The fourth-order valence-electron chi connectivity index (χ4n) is 3.11. The van der Waals surface area contributed by atoms with E-state index in [1.807, 2.05) is 0 Å². The normalized spacial score (nSPS) is 12.9. The maximum atomic E-state index is 12.3. The molecule has 0 heterocycles. The molecule has 0 aliphatic carbocycles. The zero-order chi connectivity index (χ0) is 21.9. The fourth-order valence-corrected chi connectivity index (χ4v) is 3.11. The standard InChI is InChI=1S/C23H42O6/c1-4-6-8-10-12-14-16-28-21(24)18-20(19(3)22(25)26)23(27)29-17-15-13-11-9-7-5-2/h19-20H,4-18H2,1-3H3,(H,25,26). The predicted molar refractivity (Wildman–Crippen MR) is 114 cm³/mol. The van der Waals surface area contributed by atoms with Crippen LogP contribution in [0.1, 0.15) is 104 Å². The van der Waals surface area contributed by atoms with Gasteiger partial charge in [-0.15, -0.1) is 0 Å². The van der Waals surface area contributed by atoms with Crippen molar-refractivity contribution in [3.8, 4) is 0 Å². The number of carboxylic acids is 1. The van der Waals surface area contributed by atoms with Crippen LogP contribution in [0.5, 0.6) is 0 Å². The van der Waals surface area contributed by atoms with Gasteiger partial charge in [0.15, 0.2) is 0 Å². The van der Waals surface area contributed by atoms with Crippen LogP contribution in [0, 0.1) is 11.8 Å². The molecule has 6 nitrogen and oxygen atoms in total. The minimum atomic E-state index is -1.12. The number of carbonyl (C=O) groups excluding carboxylic acids is 2. The van der Waals surface area contributed by atoms with Crippen molar-refractivity contribution < 1.29 is 29.0 Å². The van der Waals surface area contributed by atoms with Gasteiger partial charge in [0.1, 0.15) is 0 Å². The van der Waals surface area contributed by atoms with Crippen LogP contribution in [-0.4, -0.2) is 36.2 Å². The maximum absolute atomic E-state index is 12.3. The summed E-state index contributed by atoms with van der Waals surface area (Å²) in [6.07, 6.45) is 12.7. The first-order chi connectivity index (χ1) is 13.9. The van der Waals surface area contributed by atoms with Crippen LogP contribution in [0.25, 0.3) is 0 Å². The molecule has 0 bridgehead atoms. The van der Waals surface area contributed by atoms with E-state index in [1.165, 1.54) is 45.4 Å². The molecule has 0 aliphatic heterocycles. The Kier molecular flexibility index (Phi) is 17.4. The number of hydrogen-bond acceptors (Lipinski definition) is 5. The number of carboxylic acid groups (broad SMARTS) is 1. The van der Waals surface area contributed by atoms with Crippen LogP contribution < -0.4 is 0 Å². The average Bonchev–Trinajstić information content (AvgIpc) is 2.69. The summed E-state index contributed by atoms with van der Waals surface area (Å²) in [5, 5.41) is 9.26. The quantitative estimate of drug-likeness (QED) is 0.221. The molecule has 2 unspecified atom stereocenters. The molecule has 0 rings (SSSR count). The van der Waals surface area contributed by atoms with E-state index in [-0.39, 0.29) is 13.0 Å². The second-order valence-electron chi connectivity index (χ2n) is 7.86. The van der Waals surface area contributed by atoms with Gasteiger partial charge < -0.3 is 14.6 Å². The minimum absolute atomic E-state index is 0.251. The Morgan fingerprint density at radius 3 is 1.66 bits per heavy atom. The van der Waals surface area contributed by atoms with Gasteiger partial charge in [0.05, 0.1) is 31.5 Å². The van der Waals surface area contributed by atoms with Gasteiger partial charge in [-0.05, 0) is 12.8 Å². The Morgan fingerprint density at radius 1 is 0.724 bits per heavy atom. The molecule has 29 heavy (non-hydrogen) atoms. The van der Waals surface area contributed by atoms with Crippen LogP contribution in [0.15, 0.2) is 0 Å². The molecule has 0 aromatic carbocycles. The van der Waals surface area contributed by atoms with E-state index in [2.05, 4.69) is 13.8 Å². The van der Waals surface area contributed by atoms with Gasteiger partial charge in [0, 0.05) is 0 Å². The largest absolute Gasteiger partial charge is 0.481 e. The summed E-state index contributed by atoms with van der Waals surface area (Å²) >= 11 is 0. The van der Waals surface area contributed by atoms with Gasteiger partial charge in [-0.25, -0.2) is 0 Å². The molecule has 0 amide bonds. The molecule has 0 fully saturated rings. The first-order valence-corrected chi connectivity index (χ1v) is 11.5. The Labute approximate surface area is 176 Å². The van der Waals surface area contributed by atoms with Gasteiger partial charge in [0.2, 0.25) is 0 Å². The Balaban J connectivity index is 4.24. The van der Waals surface area contributed by atoms with Gasteiger partial charge in [-0.3, -0.25) is 14.4 Å². The lowest BCUT2D eigenvalue weighted by molar-refractivity contribution is -0.161. The van der Waals surface area contributed by atoms with Crippen LogP contribution in [0.3, 0.4) is 0 Å². The molecular formula is C23H42O6. The van der Waals surface area contributed by atoms with Gasteiger partial charge in [0.25, 0.3) is 0 Å². The highest BCUT2D eigenvalue weighted by molar-refractivity contribution is 5.85. The van der Waals surface area contributed by atoms with Gasteiger partial charge >= 0.3 is 17.9 Å². The third-order valence-electron chi connectivity index (χ3n) is 5.19. The number of hydrogen-bond donors (Lipinski definition) is 1. The summed E-state index contributed by atoms with van der Waals surface area (Å²) in [6.45, 7) is 6.33. The minimum Gasteiger partial charge on any atom is -0.481 e. The summed E-state index contributed by atoms with van der Waals surface area (Å²) < 4.78 is 10.5. The van der Waals surface area contributed by atoms with Crippen molar-refractivity contribution >= 4 is 17.9 Å². The van der Waals surface area contributed by atoms with Crippen LogP contribution in [-0.2, 0) is 23.9 Å². The van der Waals surface area contributed by atoms with E-state index in [4.69, 9.17) is 9.47 Å². The van der Waals surface area contributed by atoms with Crippen LogP contribution >= 0.6 is 0 Å². The summed E-state index contributed by atoms with van der Waals surface area (Å²) in [5.74, 6) is -4.27. The number of carbonyl (C=O) groups is 3. The van der Waals surface area contributed by atoms with Gasteiger partial charge in [-0.1, -0.05) is 85.0 Å². The van der Waals surface area contributed by atoms with Crippen LogP contribution in [0.2, 0.25) is 0 Å². The van der Waals surface area contributed by atoms with E-state index in [0.29, 0.717) is 6.61 Å². The van der Waals surface area contributed by atoms with Crippen LogP contribution in [0.4, 0.5) is 0 Å². The van der Waals surface area contributed by atoms with E-state index in [0.717, 1.165) is 38.5 Å². The predicted octanol–water partition coefficient (Wildman–Crippen LogP) is 5.52. The average molecular weight is 415 g/mol. The van der Waals surface area contributed by atoms with E-state index < -0.39 is 29.7 Å². The molecule has 0 aliphatic rings. The first kappa shape index (κ1) is 27.4. The molecular weight excluding hydrogens is 372 g/mol. The lowest BCUT2D eigenvalue weighted by Gasteiger charge is -2.19. The molecule has 0 aromatic rings. The number of esters is 2. The highest BCUT2D eigenvalue weighted by atomic mass is 16.5.